The Bertz CT molecular complexity index is 255. The minimum Gasteiger partial charge on any atom is -0.507 e. The second-order valence-electron chi connectivity index (χ2n) is 2.80. The quantitative estimate of drug-likeness (QED) is 0.708. The number of para-hydroxylation sites is 1. The van der Waals surface area contributed by atoms with Crippen molar-refractivity contribution in [3.63, 3.8) is 0 Å². The summed E-state index contributed by atoms with van der Waals surface area (Å²) in [4.78, 5) is 0. The fraction of sp³-hybridized carbons (Fsp3) is 0.455. The molecule has 0 heterocycles. The molecule has 0 radical (unpaired) electrons. The average Bonchev–Trinajstić information content (AvgIpc) is 2.14. The minimum atomic E-state index is -0.750. The number of aromatic hydroxyl groups is 1. The van der Waals surface area contributed by atoms with Crippen LogP contribution in [0.4, 0.5) is 0 Å². The first-order valence-electron chi connectivity index (χ1n) is 4.65. The van der Waals surface area contributed by atoms with Crippen LogP contribution in [0.3, 0.4) is 0 Å². The van der Waals surface area contributed by atoms with E-state index in [-0.39, 0.29) is 6.61 Å². The predicted molar refractivity (Wildman–Crippen MR) is 71.7 cm³/mol. The molecular formula is C11H17Cl3O2. The van der Waals surface area contributed by atoms with Crippen LogP contribution in [-0.4, -0.2) is 21.1 Å². The molecule has 1 rings (SSSR count). The van der Waals surface area contributed by atoms with E-state index in [1.54, 1.807) is 6.92 Å². The van der Waals surface area contributed by atoms with E-state index in [0.29, 0.717) is 5.75 Å². The van der Waals surface area contributed by atoms with Crippen molar-refractivity contribution < 1.29 is 10.2 Å². The fourth-order valence-corrected chi connectivity index (χ4v) is 0.806. The van der Waals surface area contributed by atoms with Crippen LogP contribution in [0.15, 0.2) is 18.2 Å². The van der Waals surface area contributed by atoms with Crippen molar-refractivity contribution in [1.82, 2.24) is 0 Å². The van der Waals surface area contributed by atoms with Gasteiger partial charge in [-0.1, -0.05) is 53.0 Å². The van der Waals surface area contributed by atoms with Gasteiger partial charge in [-0.25, -0.2) is 0 Å². The van der Waals surface area contributed by atoms with Gasteiger partial charge in [0.05, 0.1) is 0 Å². The molecule has 94 valence electrons. The van der Waals surface area contributed by atoms with Gasteiger partial charge in [0.15, 0.2) is 4.30 Å². The molecule has 0 fully saturated rings. The SMILES string of the molecule is CCO.Cc1cccc(C)c1O.ClC(Cl)Cl. The van der Waals surface area contributed by atoms with Gasteiger partial charge in [0.2, 0.25) is 0 Å². The third-order valence-electron chi connectivity index (χ3n) is 1.44. The highest BCUT2D eigenvalue weighted by Crippen LogP contribution is 2.19. The number of hydrogen-bond donors (Lipinski definition) is 2. The number of rotatable bonds is 0. The Balaban J connectivity index is 0. The summed E-state index contributed by atoms with van der Waals surface area (Å²) in [7, 11) is 0. The van der Waals surface area contributed by atoms with E-state index >= 15 is 0 Å². The second-order valence-corrected chi connectivity index (χ2v) is 4.78. The number of alkyl halides is 3. The van der Waals surface area contributed by atoms with Gasteiger partial charge in [-0.2, -0.15) is 0 Å². The summed E-state index contributed by atoms with van der Waals surface area (Å²) >= 11 is 14.4. The number of aliphatic hydroxyl groups excluding tert-OH is 1. The van der Waals surface area contributed by atoms with Crippen molar-refractivity contribution in [2.75, 3.05) is 6.61 Å². The zero-order valence-corrected chi connectivity index (χ0v) is 11.8. The number of hydrogen-bond acceptors (Lipinski definition) is 2. The maximum absolute atomic E-state index is 9.21. The van der Waals surface area contributed by atoms with Gasteiger partial charge in [0, 0.05) is 6.61 Å². The molecule has 0 saturated carbocycles. The summed E-state index contributed by atoms with van der Waals surface area (Å²) in [5.74, 6) is 0.414. The molecule has 0 spiro atoms. The Morgan fingerprint density at radius 1 is 1.12 bits per heavy atom. The zero-order valence-electron chi connectivity index (χ0n) is 9.54. The van der Waals surface area contributed by atoms with Gasteiger partial charge in [-0.15, -0.1) is 0 Å². The van der Waals surface area contributed by atoms with Crippen molar-refractivity contribution in [2.24, 2.45) is 0 Å². The van der Waals surface area contributed by atoms with Crippen LogP contribution >= 0.6 is 34.8 Å². The fourth-order valence-electron chi connectivity index (χ4n) is 0.806. The molecule has 0 aliphatic heterocycles. The molecular weight excluding hydrogens is 270 g/mol. The zero-order chi connectivity index (χ0) is 13.1. The summed E-state index contributed by atoms with van der Waals surface area (Å²) < 4.78 is -0.750. The Kier molecular flexibility index (Phi) is 12.9. The van der Waals surface area contributed by atoms with Crippen molar-refractivity contribution in [3.05, 3.63) is 29.3 Å². The molecule has 1 aromatic carbocycles. The van der Waals surface area contributed by atoms with E-state index in [0.717, 1.165) is 11.1 Å². The lowest BCUT2D eigenvalue weighted by Gasteiger charge is -1.99. The molecule has 0 amide bonds. The van der Waals surface area contributed by atoms with Crippen LogP contribution in [0.2, 0.25) is 0 Å². The Hall–Kier alpha value is -0.150. The summed E-state index contributed by atoms with van der Waals surface area (Å²) in [6, 6.07) is 5.72. The average molecular weight is 288 g/mol. The van der Waals surface area contributed by atoms with E-state index in [4.69, 9.17) is 39.9 Å². The Labute approximate surface area is 112 Å². The molecule has 1 aromatic rings. The maximum atomic E-state index is 9.21. The Morgan fingerprint density at radius 2 is 1.38 bits per heavy atom. The van der Waals surface area contributed by atoms with E-state index in [1.807, 2.05) is 32.0 Å². The molecule has 0 saturated heterocycles. The first-order chi connectivity index (χ1) is 7.36. The first-order valence-corrected chi connectivity index (χ1v) is 5.95. The molecule has 2 N–H and O–H groups in total. The lowest BCUT2D eigenvalue weighted by Crippen LogP contribution is -1.76. The molecule has 0 aromatic heterocycles. The van der Waals surface area contributed by atoms with Crippen LogP contribution in [0.25, 0.3) is 0 Å². The number of aryl methyl sites for hydroxylation is 2. The van der Waals surface area contributed by atoms with Crippen molar-refractivity contribution in [2.45, 2.75) is 25.1 Å². The lowest BCUT2D eigenvalue weighted by atomic mass is 10.1. The van der Waals surface area contributed by atoms with E-state index < -0.39 is 4.30 Å². The van der Waals surface area contributed by atoms with Crippen LogP contribution in [0.1, 0.15) is 18.1 Å². The third-order valence-corrected chi connectivity index (χ3v) is 1.44. The van der Waals surface area contributed by atoms with E-state index in [9.17, 15) is 5.11 Å². The van der Waals surface area contributed by atoms with Crippen molar-refractivity contribution in [3.8, 4) is 5.75 Å². The standard InChI is InChI=1S/C8H10O.C2H6O.CHCl3/c1-6-4-3-5-7(2)8(6)9;1-2-3;2-1(3)4/h3-5,9H,1-2H3;3H,2H2,1H3;1H. The molecule has 0 bridgehead atoms. The minimum absolute atomic E-state index is 0.250. The van der Waals surface area contributed by atoms with Gasteiger partial charge in [-0.3, -0.25) is 0 Å². The number of phenolic OH excluding ortho intramolecular Hbond substituents is 1. The highest BCUT2D eigenvalue weighted by molar-refractivity contribution is 6.63. The van der Waals surface area contributed by atoms with E-state index in [1.165, 1.54) is 0 Å². The lowest BCUT2D eigenvalue weighted by molar-refractivity contribution is 0.318. The molecule has 0 aliphatic rings. The smallest absolute Gasteiger partial charge is 0.180 e. The van der Waals surface area contributed by atoms with Gasteiger partial charge < -0.3 is 10.2 Å². The summed E-state index contributed by atoms with van der Waals surface area (Å²) in [6.07, 6.45) is 0. The van der Waals surface area contributed by atoms with E-state index in [2.05, 4.69) is 0 Å². The molecule has 16 heavy (non-hydrogen) atoms. The monoisotopic (exact) mass is 286 g/mol. The van der Waals surface area contributed by atoms with Gasteiger partial charge in [0.1, 0.15) is 5.75 Å². The molecule has 0 atom stereocenters. The predicted octanol–water partition coefficient (Wildman–Crippen LogP) is 3.99. The number of aliphatic hydroxyl groups is 1. The van der Waals surface area contributed by atoms with Gasteiger partial charge in [-0.05, 0) is 31.9 Å². The number of phenols is 1. The maximum Gasteiger partial charge on any atom is 0.180 e. The highest BCUT2D eigenvalue weighted by atomic mass is 35.6. The van der Waals surface area contributed by atoms with Gasteiger partial charge >= 0.3 is 0 Å². The normalized spacial score (nSPS) is 8.75. The van der Waals surface area contributed by atoms with Crippen LogP contribution in [-0.2, 0) is 0 Å². The summed E-state index contributed by atoms with van der Waals surface area (Å²) in [6.45, 7) is 5.71. The molecule has 5 heteroatoms. The van der Waals surface area contributed by atoms with Crippen LogP contribution in [0.5, 0.6) is 5.75 Å². The molecule has 0 aliphatic carbocycles. The van der Waals surface area contributed by atoms with Crippen molar-refractivity contribution >= 4 is 34.8 Å². The number of halogens is 3. The van der Waals surface area contributed by atoms with Crippen LogP contribution < -0.4 is 0 Å². The topological polar surface area (TPSA) is 40.5 Å². The summed E-state index contributed by atoms with van der Waals surface area (Å²) in [5.41, 5.74) is 1.88. The molecule has 0 unspecified atom stereocenters. The Morgan fingerprint density at radius 3 is 1.56 bits per heavy atom. The third kappa shape index (κ3) is 11.9. The number of benzene rings is 1. The molecule has 2 nitrogen and oxygen atoms in total. The first kappa shape index (κ1) is 18.2. The largest absolute Gasteiger partial charge is 0.507 e. The second kappa shape index (κ2) is 11.3. The van der Waals surface area contributed by atoms with Crippen molar-refractivity contribution in [1.29, 1.82) is 0 Å². The van der Waals surface area contributed by atoms with Gasteiger partial charge in [0.25, 0.3) is 0 Å². The summed E-state index contributed by atoms with van der Waals surface area (Å²) in [5, 5.41) is 16.8. The van der Waals surface area contributed by atoms with Crippen LogP contribution in [0, 0.1) is 13.8 Å². The highest BCUT2D eigenvalue weighted by Gasteiger charge is 1.95.